The Kier molecular flexibility index (Phi) is 9.19. The molecule has 0 amide bonds. The Morgan fingerprint density at radius 2 is 1.26 bits per heavy atom. The van der Waals surface area contributed by atoms with Crippen LogP contribution < -0.4 is 14.8 Å². The van der Waals surface area contributed by atoms with Gasteiger partial charge in [-0.1, -0.05) is 0 Å². The van der Waals surface area contributed by atoms with Gasteiger partial charge in [-0.05, 0) is 0 Å². The molecule has 3 nitrogen and oxygen atoms in total. The Labute approximate surface area is 240 Å². The van der Waals surface area contributed by atoms with Crippen molar-refractivity contribution in [3.8, 4) is 0 Å². The van der Waals surface area contributed by atoms with E-state index >= 15 is 0 Å². The molecule has 0 N–H and O–H groups in total. The standard InChI is InChI=1S/C34H38O3SeSi/c1-34(2,3)39(29-20-12-6-13-21-29,30-22-14-7-15-23-30)37-25-31-33(36-24-27-16-8-4-9-17-27)32(26-35-31)38-28-18-10-5-11-19-28/h4-23,31-33H,24-26H2,1-3H3/t31-,32+,33+/m1/s1. The van der Waals surface area contributed by atoms with Crippen molar-refractivity contribution in [3.63, 3.8) is 0 Å². The van der Waals surface area contributed by atoms with E-state index in [1.165, 1.54) is 20.4 Å². The zero-order valence-electron chi connectivity index (χ0n) is 23.0. The third kappa shape index (κ3) is 6.46. The molecule has 3 atom stereocenters. The van der Waals surface area contributed by atoms with Gasteiger partial charge in [0.1, 0.15) is 0 Å². The first kappa shape index (κ1) is 28.0. The molecule has 0 saturated carbocycles. The van der Waals surface area contributed by atoms with Gasteiger partial charge in [-0.25, -0.2) is 0 Å². The molecule has 0 bridgehead atoms. The van der Waals surface area contributed by atoms with Crippen LogP contribution in [0.1, 0.15) is 26.3 Å². The van der Waals surface area contributed by atoms with E-state index in [0.717, 1.165) is 0 Å². The summed E-state index contributed by atoms with van der Waals surface area (Å²) in [6, 6.07) is 42.9. The quantitative estimate of drug-likeness (QED) is 0.229. The molecule has 4 aromatic carbocycles. The number of hydrogen-bond donors (Lipinski definition) is 0. The van der Waals surface area contributed by atoms with Gasteiger partial charge < -0.3 is 0 Å². The summed E-state index contributed by atoms with van der Waals surface area (Å²) in [5, 5.41) is 2.49. The zero-order chi connectivity index (χ0) is 27.1. The molecular weight excluding hydrogens is 563 g/mol. The summed E-state index contributed by atoms with van der Waals surface area (Å²) in [5.41, 5.74) is 1.18. The van der Waals surface area contributed by atoms with E-state index in [9.17, 15) is 0 Å². The van der Waals surface area contributed by atoms with Gasteiger partial charge in [0, 0.05) is 0 Å². The molecule has 0 aromatic heterocycles. The van der Waals surface area contributed by atoms with Crippen LogP contribution in [0.3, 0.4) is 0 Å². The molecular formula is C34H38O3SeSi. The second kappa shape index (κ2) is 12.8. The average Bonchev–Trinajstić information content (AvgIpc) is 3.34. The molecule has 1 heterocycles. The summed E-state index contributed by atoms with van der Waals surface area (Å²) in [7, 11) is -2.66. The maximum atomic E-state index is 7.27. The van der Waals surface area contributed by atoms with Gasteiger partial charge in [-0.2, -0.15) is 0 Å². The zero-order valence-corrected chi connectivity index (χ0v) is 25.7. The minimum atomic E-state index is -2.66. The van der Waals surface area contributed by atoms with Crippen molar-refractivity contribution in [3.05, 3.63) is 127 Å². The predicted octanol–water partition coefficient (Wildman–Crippen LogP) is 5.37. The SMILES string of the molecule is CC(C)(C)[Si](OC[C@H]1OC[C@H]([Se]c2ccccc2)[C@H]1OCc1ccccc1)(c1ccccc1)c1ccccc1. The van der Waals surface area contributed by atoms with E-state index in [0.29, 0.717) is 24.6 Å². The first-order valence-electron chi connectivity index (χ1n) is 13.7. The third-order valence-electron chi connectivity index (χ3n) is 7.40. The normalized spacial score (nSPS) is 19.7. The minimum absolute atomic E-state index is 0.0244. The number of rotatable bonds is 10. The Hall–Kier alpha value is -2.50. The Bertz CT molecular complexity index is 1240. The van der Waals surface area contributed by atoms with Gasteiger partial charge in [0.05, 0.1) is 0 Å². The van der Waals surface area contributed by atoms with Crippen molar-refractivity contribution in [1.82, 2.24) is 0 Å². The molecule has 5 rings (SSSR count). The van der Waals surface area contributed by atoms with Crippen LogP contribution in [-0.4, -0.2) is 48.7 Å². The Morgan fingerprint density at radius 1 is 0.744 bits per heavy atom. The fourth-order valence-corrected chi connectivity index (χ4v) is 12.6. The van der Waals surface area contributed by atoms with Crippen LogP contribution in [0.4, 0.5) is 0 Å². The maximum absolute atomic E-state index is 7.27. The van der Waals surface area contributed by atoms with Crippen LogP contribution in [0.2, 0.25) is 9.85 Å². The monoisotopic (exact) mass is 602 g/mol. The van der Waals surface area contributed by atoms with Crippen molar-refractivity contribution >= 4 is 38.1 Å². The second-order valence-electron chi connectivity index (χ2n) is 11.1. The van der Waals surface area contributed by atoms with Crippen LogP contribution in [0.25, 0.3) is 0 Å². The van der Waals surface area contributed by atoms with E-state index in [4.69, 9.17) is 13.9 Å². The van der Waals surface area contributed by atoms with Crippen molar-refractivity contribution in [1.29, 1.82) is 0 Å². The van der Waals surface area contributed by atoms with Gasteiger partial charge in [-0.15, -0.1) is 0 Å². The number of ether oxygens (including phenoxy) is 2. The van der Waals surface area contributed by atoms with Crippen LogP contribution in [0.5, 0.6) is 0 Å². The topological polar surface area (TPSA) is 27.7 Å². The fraction of sp³-hybridized carbons (Fsp3) is 0.294. The van der Waals surface area contributed by atoms with E-state index in [1.54, 1.807) is 0 Å². The van der Waals surface area contributed by atoms with Gasteiger partial charge in [0.15, 0.2) is 0 Å². The van der Waals surface area contributed by atoms with E-state index in [-0.39, 0.29) is 32.2 Å². The van der Waals surface area contributed by atoms with Crippen LogP contribution in [-0.2, 0) is 20.5 Å². The van der Waals surface area contributed by atoms with E-state index in [2.05, 4.69) is 136 Å². The molecule has 5 heteroatoms. The average molecular weight is 602 g/mol. The van der Waals surface area contributed by atoms with Crippen molar-refractivity contribution in [2.24, 2.45) is 0 Å². The predicted molar refractivity (Wildman–Crippen MR) is 164 cm³/mol. The van der Waals surface area contributed by atoms with Gasteiger partial charge in [-0.3, -0.25) is 0 Å². The molecule has 0 spiro atoms. The van der Waals surface area contributed by atoms with Gasteiger partial charge in [0.2, 0.25) is 0 Å². The van der Waals surface area contributed by atoms with Crippen molar-refractivity contribution in [2.75, 3.05) is 13.2 Å². The molecule has 1 aliphatic heterocycles. The van der Waals surface area contributed by atoms with Crippen molar-refractivity contribution < 1.29 is 13.9 Å². The molecule has 0 aliphatic carbocycles. The molecule has 0 radical (unpaired) electrons. The molecule has 1 fully saturated rings. The molecule has 1 aliphatic rings. The van der Waals surface area contributed by atoms with Gasteiger partial charge >= 0.3 is 242 Å². The summed E-state index contributed by atoms with van der Waals surface area (Å²) in [6.45, 7) is 8.74. The third-order valence-corrected chi connectivity index (χ3v) is 15.0. The summed E-state index contributed by atoms with van der Waals surface area (Å²) in [4.78, 5) is 0.330. The summed E-state index contributed by atoms with van der Waals surface area (Å²) in [6.07, 6.45) is -0.144. The molecule has 202 valence electrons. The summed E-state index contributed by atoms with van der Waals surface area (Å²) < 4.78 is 21.8. The molecule has 0 unspecified atom stereocenters. The van der Waals surface area contributed by atoms with Crippen molar-refractivity contribution in [2.45, 2.75) is 49.4 Å². The van der Waals surface area contributed by atoms with E-state index < -0.39 is 8.32 Å². The molecule has 1 saturated heterocycles. The van der Waals surface area contributed by atoms with Crippen LogP contribution >= 0.6 is 0 Å². The van der Waals surface area contributed by atoms with E-state index in [1.807, 2.05) is 6.07 Å². The second-order valence-corrected chi connectivity index (χ2v) is 18.1. The van der Waals surface area contributed by atoms with Crippen LogP contribution in [0, 0.1) is 0 Å². The van der Waals surface area contributed by atoms with Gasteiger partial charge in [0.25, 0.3) is 0 Å². The molecule has 4 aromatic rings. The Morgan fingerprint density at radius 3 is 1.79 bits per heavy atom. The number of hydrogen-bond acceptors (Lipinski definition) is 3. The molecule has 39 heavy (non-hydrogen) atoms. The summed E-state index contributed by atoms with van der Waals surface area (Å²) in [5.74, 6) is 0. The van der Waals surface area contributed by atoms with Crippen LogP contribution in [0.15, 0.2) is 121 Å². The first-order valence-corrected chi connectivity index (χ1v) is 17.5. The Balaban J connectivity index is 1.43. The fourth-order valence-electron chi connectivity index (χ4n) is 5.52. The number of benzene rings is 4. The summed E-state index contributed by atoms with van der Waals surface area (Å²) >= 11 is 0.245. The first-order chi connectivity index (χ1) is 19.0.